The molecule has 0 aromatic carbocycles. The Balaban J connectivity index is 2.09. The van der Waals surface area contributed by atoms with Crippen LogP contribution in [0, 0.1) is 6.92 Å². The fourth-order valence-corrected chi connectivity index (χ4v) is 2.04. The van der Waals surface area contributed by atoms with Crippen LogP contribution in [0.4, 0.5) is 4.39 Å². The molecule has 0 saturated heterocycles. The maximum absolute atomic E-state index is 14.0. The van der Waals surface area contributed by atoms with Crippen LogP contribution in [0.3, 0.4) is 0 Å². The smallest absolute Gasteiger partial charge is 0.128 e. The first-order chi connectivity index (χ1) is 6.20. The fraction of sp³-hybridized carbons (Fsp3) is 0.700. The summed E-state index contributed by atoms with van der Waals surface area (Å²) in [5.74, 6) is 0.906. The quantitative estimate of drug-likeness (QED) is 0.687. The zero-order valence-electron chi connectivity index (χ0n) is 7.96. The minimum Gasteiger partial charge on any atom is -0.332 e. The highest BCUT2D eigenvalue weighted by Gasteiger charge is 2.34. The van der Waals surface area contributed by atoms with Crippen LogP contribution >= 0.6 is 0 Å². The average molecular weight is 182 g/mol. The minimum atomic E-state index is -0.967. The molecule has 1 heterocycles. The highest BCUT2D eigenvalue weighted by atomic mass is 19.1. The van der Waals surface area contributed by atoms with Gasteiger partial charge in [-0.15, -0.1) is 0 Å². The van der Waals surface area contributed by atoms with E-state index >= 15 is 0 Å². The third-order valence-electron chi connectivity index (χ3n) is 2.88. The van der Waals surface area contributed by atoms with Gasteiger partial charge in [0, 0.05) is 12.4 Å². The van der Waals surface area contributed by atoms with Crippen molar-refractivity contribution in [3.63, 3.8) is 0 Å². The highest BCUT2D eigenvalue weighted by Crippen LogP contribution is 2.34. The fourth-order valence-electron chi connectivity index (χ4n) is 2.04. The molecule has 0 unspecified atom stereocenters. The minimum absolute atomic E-state index is 0.485. The molecule has 0 atom stereocenters. The molecule has 0 amide bonds. The summed E-state index contributed by atoms with van der Waals surface area (Å²) in [5.41, 5.74) is -0.967. The summed E-state index contributed by atoms with van der Waals surface area (Å²) in [4.78, 5) is 4.09. The van der Waals surface area contributed by atoms with Gasteiger partial charge in [0.15, 0.2) is 0 Å². The molecule has 0 N–H and O–H groups in total. The van der Waals surface area contributed by atoms with E-state index < -0.39 is 5.67 Å². The van der Waals surface area contributed by atoms with Crippen LogP contribution in [0.1, 0.15) is 31.5 Å². The Morgan fingerprint density at radius 1 is 1.54 bits per heavy atom. The summed E-state index contributed by atoms with van der Waals surface area (Å²) < 4.78 is 15.9. The van der Waals surface area contributed by atoms with E-state index in [2.05, 4.69) is 4.98 Å². The lowest BCUT2D eigenvalue weighted by Gasteiger charge is -2.19. The largest absolute Gasteiger partial charge is 0.332 e. The van der Waals surface area contributed by atoms with Crippen molar-refractivity contribution in [2.75, 3.05) is 0 Å². The molecule has 0 radical (unpaired) electrons. The van der Waals surface area contributed by atoms with Gasteiger partial charge in [-0.05, 0) is 19.8 Å². The topological polar surface area (TPSA) is 17.8 Å². The molecule has 0 spiro atoms. The van der Waals surface area contributed by atoms with Crippen molar-refractivity contribution >= 4 is 0 Å². The molecular formula is C10H15FN2. The summed E-state index contributed by atoms with van der Waals surface area (Å²) >= 11 is 0. The first-order valence-corrected chi connectivity index (χ1v) is 4.86. The first kappa shape index (κ1) is 8.73. The Hall–Kier alpha value is -0.860. The van der Waals surface area contributed by atoms with Crippen LogP contribution in [0.25, 0.3) is 0 Å². The van der Waals surface area contributed by atoms with E-state index in [1.807, 2.05) is 17.7 Å². The molecule has 1 aromatic heterocycles. The molecule has 0 aliphatic heterocycles. The predicted molar refractivity (Wildman–Crippen MR) is 49.3 cm³/mol. The Kier molecular flexibility index (Phi) is 2.10. The summed E-state index contributed by atoms with van der Waals surface area (Å²) in [5, 5.41) is 0. The molecule has 2 nitrogen and oxygen atoms in total. The van der Waals surface area contributed by atoms with Crippen LogP contribution in [0.5, 0.6) is 0 Å². The lowest BCUT2D eigenvalue weighted by Crippen LogP contribution is -2.25. The van der Waals surface area contributed by atoms with E-state index in [1.54, 1.807) is 6.20 Å². The van der Waals surface area contributed by atoms with Crippen LogP contribution in [-0.2, 0) is 6.54 Å². The summed E-state index contributed by atoms with van der Waals surface area (Å²) in [6.07, 6.45) is 7.08. The summed E-state index contributed by atoms with van der Waals surface area (Å²) in [6.45, 7) is 2.40. The predicted octanol–water partition coefficient (Wildman–Crippen LogP) is 2.47. The average Bonchev–Trinajstić information content (AvgIpc) is 2.64. The van der Waals surface area contributed by atoms with Crippen LogP contribution in [0.2, 0.25) is 0 Å². The lowest BCUT2D eigenvalue weighted by molar-refractivity contribution is 0.144. The van der Waals surface area contributed by atoms with Crippen molar-refractivity contribution in [2.45, 2.75) is 44.8 Å². The molecule has 3 heteroatoms. The van der Waals surface area contributed by atoms with Gasteiger partial charge >= 0.3 is 0 Å². The van der Waals surface area contributed by atoms with Crippen molar-refractivity contribution in [3.8, 4) is 0 Å². The molecule has 1 aromatic rings. The standard InChI is InChI=1S/C10H15FN2/c1-9-12-6-7-13(9)8-10(11)4-2-3-5-10/h6-7H,2-5,8H2,1H3. The molecule has 1 saturated carbocycles. The number of aryl methyl sites for hydroxylation is 1. The van der Waals surface area contributed by atoms with Crippen molar-refractivity contribution in [1.29, 1.82) is 0 Å². The molecule has 0 bridgehead atoms. The van der Waals surface area contributed by atoms with Gasteiger partial charge in [-0.1, -0.05) is 12.8 Å². The lowest BCUT2D eigenvalue weighted by atomic mass is 10.1. The molecule has 72 valence electrons. The third-order valence-corrected chi connectivity index (χ3v) is 2.88. The molecule has 13 heavy (non-hydrogen) atoms. The zero-order chi connectivity index (χ0) is 9.31. The maximum atomic E-state index is 14.0. The van der Waals surface area contributed by atoms with Gasteiger partial charge in [-0.3, -0.25) is 0 Å². The molecule has 1 aliphatic rings. The van der Waals surface area contributed by atoms with Gasteiger partial charge in [0.1, 0.15) is 11.5 Å². The van der Waals surface area contributed by atoms with E-state index in [-0.39, 0.29) is 0 Å². The van der Waals surface area contributed by atoms with E-state index in [1.165, 1.54) is 0 Å². The summed E-state index contributed by atoms with van der Waals surface area (Å²) in [7, 11) is 0. The van der Waals surface area contributed by atoms with Crippen molar-refractivity contribution in [1.82, 2.24) is 9.55 Å². The Morgan fingerprint density at radius 3 is 2.77 bits per heavy atom. The number of nitrogens with zero attached hydrogens (tertiary/aromatic N) is 2. The maximum Gasteiger partial charge on any atom is 0.128 e. The van der Waals surface area contributed by atoms with Crippen LogP contribution in [0.15, 0.2) is 12.4 Å². The zero-order valence-corrected chi connectivity index (χ0v) is 7.96. The Morgan fingerprint density at radius 2 is 2.23 bits per heavy atom. The number of imidazole rings is 1. The molecular weight excluding hydrogens is 167 g/mol. The van der Waals surface area contributed by atoms with Crippen LogP contribution < -0.4 is 0 Å². The molecule has 1 fully saturated rings. The third kappa shape index (κ3) is 1.74. The van der Waals surface area contributed by atoms with E-state index in [0.29, 0.717) is 19.4 Å². The normalized spacial score (nSPS) is 20.8. The second kappa shape index (κ2) is 3.13. The van der Waals surface area contributed by atoms with Gasteiger partial charge < -0.3 is 4.57 Å². The van der Waals surface area contributed by atoms with Gasteiger partial charge in [-0.2, -0.15) is 0 Å². The van der Waals surface area contributed by atoms with E-state index in [0.717, 1.165) is 18.7 Å². The van der Waals surface area contributed by atoms with E-state index in [9.17, 15) is 4.39 Å². The number of hydrogen-bond acceptors (Lipinski definition) is 1. The number of aromatic nitrogens is 2. The van der Waals surface area contributed by atoms with Gasteiger partial charge in [0.2, 0.25) is 0 Å². The highest BCUT2D eigenvalue weighted by molar-refractivity contribution is 4.94. The monoisotopic (exact) mass is 182 g/mol. The number of hydrogen-bond donors (Lipinski definition) is 0. The van der Waals surface area contributed by atoms with Crippen molar-refractivity contribution in [3.05, 3.63) is 18.2 Å². The SMILES string of the molecule is Cc1nccn1CC1(F)CCCC1. The second-order valence-corrected chi connectivity index (χ2v) is 3.96. The Labute approximate surface area is 77.8 Å². The molecule has 1 aliphatic carbocycles. The number of alkyl halides is 1. The Bertz CT molecular complexity index is 287. The van der Waals surface area contributed by atoms with Gasteiger partial charge in [0.25, 0.3) is 0 Å². The number of halogens is 1. The van der Waals surface area contributed by atoms with Crippen molar-refractivity contribution in [2.24, 2.45) is 0 Å². The second-order valence-electron chi connectivity index (χ2n) is 3.96. The van der Waals surface area contributed by atoms with Gasteiger partial charge in [0.05, 0.1) is 6.54 Å². The number of rotatable bonds is 2. The molecule has 2 rings (SSSR count). The van der Waals surface area contributed by atoms with Gasteiger partial charge in [-0.25, -0.2) is 9.37 Å². The van der Waals surface area contributed by atoms with Crippen LogP contribution in [-0.4, -0.2) is 15.2 Å². The first-order valence-electron chi connectivity index (χ1n) is 4.86. The van der Waals surface area contributed by atoms with Crippen molar-refractivity contribution < 1.29 is 4.39 Å². The summed E-state index contributed by atoms with van der Waals surface area (Å²) in [6, 6.07) is 0. The van der Waals surface area contributed by atoms with E-state index in [4.69, 9.17) is 0 Å².